The van der Waals surface area contributed by atoms with Crippen molar-refractivity contribution in [3.05, 3.63) is 35.7 Å². The first-order chi connectivity index (χ1) is 7.85. The molecule has 3 heteroatoms. The summed E-state index contributed by atoms with van der Waals surface area (Å²) in [5, 5.41) is 15.4. The SMILES string of the molecule is C#CC(C#N)C1C=CC(=C2NCCN2)C=C1. The highest BCUT2D eigenvalue weighted by Crippen LogP contribution is 2.21. The molecule has 1 aliphatic heterocycles. The Bertz CT molecular complexity index is 405. The Labute approximate surface area is 95.5 Å². The largest absolute Gasteiger partial charge is 0.370 e. The second kappa shape index (κ2) is 4.59. The average Bonchev–Trinajstić information content (AvgIpc) is 2.85. The minimum absolute atomic E-state index is 0.0285. The van der Waals surface area contributed by atoms with Gasteiger partial charge >= 0.3 is 0 Å². The van der Waals surface area contributed by atoms with Crippen LogP contribution >= 0.6 is 0 Å². The molecule has 0 spiro atoms. The second-order valence-electron chi connectivity index (χ2n) is 3.75. The van der Waals surface area contributed by atoms with Gasteiger partial charge in [-0.05, 0) is 0 Å². The summed E-state index contributed by atoms with van der Waals surface area (Å²) < 4.78 is 0. The molecule has 16 heavy (non-hydrogen) atoms. The van der Waals surface area contributed by atoms with Crippen LogP contribution in [0.15, 0.2) is 35.7 Å². The van der Waals surface area contributed by atoms with Gasteiger partial charge in [0.15, 0.2) is 0 Å². The number of rotatable bonds is 1. The van der Waals surface area contributed by atoms with Crippen LogP contribution in [0.25, 0.3) is 0 Å². The van der Waals surface area contributed by atoms with E-state index in [-0.39, 0.29) is 11.8 Å². The van der Waals surface area contributed by atoms with E-state index in [1.54, 1.807) is 0 Å². The number of nitrogens with zero attached hydrogens (tertiary/aromatic N) is 1. The van der Waals surface area contributed by atoms with E-state index < -0.39 is 0 Å². The topological polar surface area (TPSA) is 47.9 Å². The molecule has 2 rings (SSSR count). The number of nitriles is 1. The molecule has 80 valence electrons. The molecule has 0 radical (unpaired) electrons. The van der Waals surface area contributed by atoms with Crippen LogP contribution in [0, 0.1) is 35.5 Å². The van der Waals surface area contributed by atoms with Crippen LogP contribution in [-0.4, -0.2) is 13.1 Å². The van der Waals surface area contributed by atoms with Crippen molar-refractivity contribution in [2.45, 2.75) is 0 Å². The zero-order valence-corrected chi connectivity index (χ0v) is 8.90. The minimum atomic E-state index is -0.372. The molecule has 0 saturated carbocycles. The van der Waals surface area contributed by atoms with Crippen LogP contribution in [0.5, 0.6) is 0 Å². The van der Waals surface area contributed by atoms with Crippen molar-refractivity contribution < 1.29 is 0 Å². The molecule has 0 aromatic carbocycles. The van der Waals surface area contributed by atoms with E-state index in [4.69, 9.17) is 11.7 Å². The number of terminal acetylenes is 1. The van der Waals surface area contributed by atoms with Crippen molar-refractivity contribution in [3.63, 3.8) is 0 Å². The average molecular weight is 211 g/mol. The van der Waals surface area contributed by atoms with Crippen LogP contribution < -0.4 is 10.6 Å². The Morgan fingerprint density at radius 2 is 1.94 bits per heavy atom. The lowest BCUT2D eigenvalue weighted by Crippen LogP contribution is -2.14. The van der Waals surface area contributed by atoms with Crippen molar-refractivity contribution in [1.29, 1.82) is 5.26 Å². The Morgan fingerprint density at radius 1 is 1.31 bits per heavy atom. The first-order valence-corrected chi connectivity index (χ1v) is 5.29. The Balaban J connectivity index is 2.12. The lowest BCUT2D eigenvalue weighted by molar-refractivity contribution is 0.704. The predicted molar refractivity (Wildman–Crippen MR) is 62.7 cm³/mol. The molecule has 2 aliphatic rings. The molecule has 1 aliphatic carbocycles. The van der Waals surface area contributed by atoms with Gasteiger partial charge in [-0.2, -0.15) is 5.26 Å². The molecule has 2 N–H and O–H groups in total. The first-order valence-electron chi connectivity index (χ1n) is 5.29. The molecular weight excluding hydrogens is 198 g/mol. The molecule has 1 unspecified atom stereocenters. The van der Waals surface area contributed by atoms with E-state index in [1.165, 1.54) is 0 Å². The third-order valence-electron chi connectivity index (χ3n) is 2.72. The lowest BCUT2D eigenvalue weighted by Gasteiger charge is -2.14. The number of nitrogens with one attached hydrogen (secondary N) is 2. The third kappa shape index (κ3) is 1.94. The minimum Gasteiger partial charge on any atom is -0.370 e. The van der Waals surface area contributed by atoms with E-state index in [2.05, 4.69) is 22.6 Å². The monoisotopic (exact) mass is 211 g/mol. The van der Waals surface area contributed by atoms with Crippen LogP contribution in [0.4, 0.5) is 0 Å². The van der Waals surface area contributed by atoms with Gasteiger partial charge in [-0.1, -0.05) is 30.2 Å². The summed E-state index contributed by atoms with van der Waals surface area (Å²) >= 11 is 0. The van der Waals surface area contributed by atoms with Gasteiger partial charge < -0.3 is 10.6 Å². The zero-order chi connectivity index (χ0) is 11.4. The van der Waals surface area contributed by atoms with Crippen molar-refractivity contribution in [2.24, 2.45) is 11.8 Å². The van der Waals surface area contributed by atoms with Gasteiger partial charge in [0.05, 0.1) is 6.07 Å². The maximum Gasteiger partial charge on any atom is 0.116 e. The quantitative estimate of drug-likeness (QED) is 0.634. The fraction of sp³-hybridized carbons (Fsp3) is 0.308. The van der Waals surface area contributed by atoms with Crippen molar-refractivity contribution in [2.75, 3.05) is 13.1 Å². The summed E-state index contributed by atoms with van der Waals surface area (Å²) in [5.74, 6) is 3.21. The highest BCUT2D eigenvalue weighted by atomic mass is 15.2. The smallest absolute Gasteiger partial charge is 0.116 e. The first kappa shape index (κ1) is 10.4. The zero-order valence-electron chi connectivity index (χ0n) is 8.90. The van der Waals surface area contributed by atoms with Gasteiger partial charge in [-0.15, -0.1) is 6.42 Å². The van der Waals surface area contributed by atoms with E-state index >= 15 is 0 Å². The van der Waals surface area contributed by atoms with E-state index in [1.807, 2.05) is 24.3 Å². The highest BCUT2D eigenvalue weighted by Gasteiger charge is 2.17. The normalized spacial score (nSPS) is 24.2. The van der Waals surface area contributed by atoms with Crippen molar-refractivity contribution in [1.82, 2.24) is 10.6 Å². The van der Waals surface area contributed by atoms with Gasteiger partial charge in [0, 0.05) is 24.6 Å². The van der Waals surface area contributed by atoms with Crippen LogP contribution in [0.3, 0.4) is 0 Å². The van der Waals surface area contributed by atoms with Gasteiger partial charge in [0.2, 0.25) is 0 Å². The Hall–Kier alpha value is -2.13. The van der Waals surface area contributed by atoms with Gasteiger partial charge in [0.1, 0.15) is 11.7 Å². The molecule has 3 nitrogen and oxygen atoms in total. The molecule has 1 saturated heterocycles. The third-order valence-corrected chi connectivity index (χ3v) is 2.72. The number of hydrogen-bond donors (Lipinski definition) is 2. The molecule has 0 bridgehead atoms. The van der Waals surface area contributed by atoms with E-state index in [0.29, 0.717) is 0 Å². The van der Waals surface area contributed by atoms with Gasteiger partial charge in [-0.3, -0.25) is 0 Å². The Kier molecular flexibility index (Phi) is 2.98. The van der Waals surface area contributed by atoms with Gasteiger partial charge in [0.25, 0.3) is 0 Å². The fourth-order valence-electron chi connectivity index (χ4n) is 1.81. The summed E-state index contributed by atoms with van der Waals surface area (Å²) in [6, 6.07) is 2.12. The predicted octanol–water partition coefficient (Wildman–Crippen LogP) is 0.906. The molecule has 0 aromatic heterocycles. The van der Waals surface area contributed by atoms with Gasteiger partial charge in [-0.25, -0.2) is 0 Å². The highest BCUT2D eigenvalue weighted by molar-refractivity contribution is 5.41. The van der Waals surface area contributed by atoms with Crippen LogP contribution in [-0.2, 0) is 0 Å². The maximum atomic E-state index is 8.86. The maximum absolute atomic E-state index is 8.86. The van der Waals surface area contributed by atoms with Crippen LogP contribution in [0.1, 0.15) is 0 Å². The lowest BCUT2D eigenvalue weighted by atomic mass is 9.89. The molecule has 1 fully saturated rings. The molecular formula is C13H13N3. The molecule has 1 heterocycles. The summed E-state index contributed by atoms with van der Waals surface area (Å²) in [4.78, 5) is 0. The Morgan fingerprint density at radius 3 is 2.44 bits per heavy atom. The standard InChI is InChI=1S/C13H13N3/c1-2-10(9-14)11-3-5-12(6-4-11)13-15-7-8-16-13/h1,3-6,10-11,15-16H,7-8H2. The summed E-state index contributed by atoms with van der Waals surface area (Å²) in [5.41, 5.74) is 1.11. The van der Waals surface area contributed by atoms with E-state index in [0.717, 1.165) is 24.5 Å². The summed E-state index contributed by atoms with van der Waals surface area (Å²) in [7, 11) is 0. The summed E-state index contributed by atoms with van der Waals surface area (Å²) in [6.45, 7) is 1.91. The number of allylic oxidation sites excluding steroid dienone is 5. The molecule has 0 amide bonds. The van der Waals surface area contributed by atoms with E-state index in [9.17, 15) is 0 Å². The van der Waals surface area contributed by atoms with Crippen LogP contribution in [0.2, 0.25) is 0 Å². The van der Waals surface area contributed by atoms with Crippen molar-refractivity contribution in [3.8, 4) is 18.4 Å². The molecule has 1 atom stereocenters. The molecule has 0 aromatic rings. The number of hydrogen-bond acceptors (Lipinski definition) is 3. The fourth-order valence-corrected chi connectivity index (χ4v) is 1.81. The van der Waals surface area contributed by atoms with Crippen molar-refractivity contribution >= 4 is 0 Å². The summed E-state index contributed by atoms with van der Waals surface area (Å²) in [6.07, 6.45) is 13.3. The second-order valence-corrected chi connectivity index (χ2v) is 3.75.